The van der Waals surface area contributed by atoms with E-state index < -0.39 is 0 Å². The van der Waals surface area contributed by atoms with E-state index in [0.717, 1.165) is 24.8 Å². The molecule has 4 aliphatic carbocycles. The van der Waals surface area contributed by atoms with Gasteiger partial charge in [0.2, 0.25) is 0 Å². The molecule has 4 rings (SSSR count). The van der Waals surface area contributed by atoms with Crippen LogP contribution in [0.3, 0.4) is 0 Å². The largest absolute Gasteiger partial charge is 0.314 e. The van der Waals surface area contributed by atoms with Crippen LogP contribution in [-0.2, 0) is 0 Å². The maximum atomic E-state index is 3.85. The van der Waals surface area contributed by atoms with Gasteiger partial charge in [0.15, 0.2) is 0 Å². The van der Waals surface area contributed by atoms with Crippen LogP contribution in [-0.4, -0.2) is 12.6 Å². The zero-order valence-corrected chi connectivity index (χ0v) is 13.6. The van der Waals surface area contributed by atoms with Gasteiger partial charge in [-0.3, -0.25) is 0 Å². The summed E-state index contributed by atoms with van der Waals surface area (Å²) in [6.07, 6.45) is 11.4. The van der Waals surface area contributed by atoms with Gasteiger partial charge in [0, 0.05) is 12.5 Å². The molecule has 0 aromatic rings. The van der Waals surface area contributed by atoms with Gasteiger partial charge >= 0.3 is 0 Å². The Balaban J connectivity index is 1.79. The zero-order valence-electron chi connectivity index (χ0n) is 13.6. The molecule has 4 bridgehead atoms. The number of hydrogen-bond donors (Lipinski definition) is 1. The fourth-order valence-electron chi connectivity index (χ4n) is 6.42. The summed E-state index contributed by atoms with van der Waals surface area (Å²) in [6.45, 7) is 7.92. The molecule has 112 valence electrons. The lowest BCUT2D eigenvalue weighted by molar-refractivity contribution is -0.118. The molecule has 3 atom stereocenters. The second-order valence-electron chi connectivity index (χ2n) is 8.21. The Hall–Kier alpha value is -0.480. The predicted molar refractivity (Wildman–Crippen MR) is 85.4 cm³/mol. The zero-order chi connectivity index (χ0) is 14.2. The van der Waals surface area contributed by atoms with Crippen LogP contribution in [0.1, 0.15) is 72.1 Å². The fraction of sp³-hybridized carbons (Fsp3) is 0.895. The molecule has 0 aromatic carbocycles. The number of nitrogens with one attached hydrogen (secondary N) is 1. The van der Waals surface area contributed by atoms with Crippen molar-refractivity contribution in [1.82, 2.24) is 5.32 Å². The molecule has 1 N–H and O–H groups in total. The van der Waals surface area contributed by atoms with Crippen molar-refractivity contribution in [2.75, 3.05) is 6.54 Å². The Bertz CT molecular complexity index is 399. The van der Waals surface area contributed by atoms with E-state index in [9.17, 15) is 0 Å². The van der Waals surface area contributed by atoms with E-state index in [2.05, 4.69) is 31.0 Å². The van der Waals surface area contributed by atoms with Gasteiger partial charge in [-0.25, -0.2) is 0 Å². The lowest BCUT2D eigenvalue weighted by atomic mass is 9.43. The highest BCUT2D eigenvalue weighted by atomic mass is 14.9. The highest BCUT2D eigenvalue weighted by molar-refractivity contribution is 5.10. The molecule has 4 fully saturated rings. The van der Waals surface area contributed by atoms with E-state index in [4.69, 9.17) is 0 Å². The normalized spacial score (nSPS) is 43.1. The molecule has 3 unspecified atom stereocenters. The van der Waals surface area contributed by atoms with Gasteiger partial charge in [-0.05, 0) is 81.1 Å². The first kappa shape index (κ1) is 14.5. The van der Waals surface area contributed by atoms with Crippen molar-refractivity contribution in [2.24, 2.45) is 22.7 Å². The van der Waals surface area contributed by atoms with Crippen LogP contribution in [0.4, 0.5) is 0 Å². The van der Waals surface area contributed by atoms with Crippen LogP contribution < -0.4 is 5.32 Å². The topological polar surface area (TPSA) is 12.0 Å². The molecule has 0 saturated heterocycles. The van der Waals surface area contributed by atoms with Crippen LogP contribution in [0.5, 0.6) is 0 Å². The first-order valence-electron chi connectivity index (χ1n) is 8.72. The molecular weight excluding hydrogens is 242 g/mol. The molecule has 4 saturated carbocycles. The average molecular weight is 273 g/mol. The van der Waals surface area contributed by atoms with Crippen LogP contribution in [0, 0.1) is 34.5 Å². The van der Waals surface area contributed by atoms with Crippen molar-refractivity contribution in [3.63, 3.8) is 0 Å². The summed E-state index contributed by atoms with van der Waals surface area (Å²) in [5.74, 6) is 8.41. The van der Waals surface area contributed by atoms with E-state index in [1.54, 1.807) is 0 Å². The van der Waals surface area contributed by atoms with Crippen molar-refractivity contribution in [3.8, 4) is 11.8 Å². The predicted octanol–water partition coefficient (Wildman–Crippen LogP) is 4.37. The molecule has 0 heterocycles. The van der Waals surface area contributed by atoms with Crippen molar-refractivity contribution in [2.45, 2.75) is 78.2 Å². The number of rotatable bonds is 5. The Morgan fingerprint density at radius 3 is 2.45 bits per heavy atom. The minimum atomic E-state index is 0.601. The van der Waals surface area contributed by atoms with Gasteiger partial charge in [0.05, 0.1) is 0 Å². The molecule has 0 radical (unpaired) electrons. The summed E-state index contributed by atoms with van der Waals surface area (Å²) in [6, 6.07) is 0.707. The van der Waals surface area contributed by atoms with E-state index in [1.807, 2.05) is 6.92 Å². The summed E-state index contributed by atoms with van der Waals surface area (Å²) in [7, 11) is 0. The maximum Gasteiger partial charge on any atom is 0.0133 e. The Kier molecular flexibility index (Phi) is 3.89. The summed E-state index contributed by atoms with van der Waals surface area (Å²) in [5, 5.41) is 3.85. The smallest absolute Gasteiger partial charge is 0.0133 e. The minimum Gasteiger partial charge on any atom is -0.314 e. The van der Waals surface area contributed by atoms with Crippen LogP contribution >= 0.6 is 0 Å². The first-order valence-corrected chi connectivity index (χ1v) is 8.72. The van der Waals surface area contributed by atoms with Gasteiger partial charge in [0.25, 0.3) is 0 Å². The Labute approximate surface area is 125 Å². The second kappa shape index (κ2) is 5.38. The molecule has 1 heteroatoms. The molecule has 4 aliphatic rings. The Morgan fingerprint density at radius 2 is 1.90 bits per heavy atom. The summed E-state index contributed by atoms with van der Waals surface area (Å²) < 4.78 is 0. The van der Waals surface area contributed by atoms with Crippen molar-refractivity contribution in [1.29, 1.82) is 0 Å². The van der Waals surface area contributed by atoms with Crippen molar-refractivity contribution in [3.05, 3.63) is 0 Å². The second-order valence-corrected chi connectivity index (χ2v) is 8.21. The monoisotopic (exact) mass is 273 g/mol. The Morgan fingerprint density at radius 1 is 1.20 bits per heavy atom. The van der Waals surface area contributed by atoms with Crippen LogP contribution in [0.2, 0.25) is 0 Å². The van der Waals surface area contributed by atoms with Gasteiger partial charge in [-0.2, -0.15) is 0 Å². The maximum absolute atomic E-state index is 3.85. The molecule has 0 aromatic heterocycles. The standard InChI is InChI=1S/C19H31N/c1-4-6-7-8-17(20-5-2)19-12-15-9-16(13-19)11-18(3,10-15)14-19/h15-17,20H,5,7-14H2,1-3H3. The molecule has 1 nitrogen and oxygen atoms in total. The third kappa shape index (κ3) is 2.52. The lowest BCUT2D eigenvalue weighted by Gasteiger charge is -2.63. The molecule has 0 amide bonds. The molecule has 0 aliphatic heterocycles. The van der Waals surface area contributed by atoms with E-state index in [1.165, 1.54) is 44.9 Å². The third-order valence-electron chi connectivity index (χ3n) is 6.32. The molecular formula is C19H31N. The van der Waals surface area contributed by atoms with E-state index >= 15 is 0 Å². The lowest BCUT2D eigenvalue weighted by Crippen LogP contribution is -2.58. The number of hydrogen-bond acceptors (Lipinski definition) is 1. The highest BCUT2D eigenvalue weighted by Gasteiger charge is 2.57. The van der Waals surface area contributed by atoms with E-state index in [-0.39, 0.29) is 0 Å². The minimum absolute atomic E-state index is 0.601. The third-order valence-corrected chi connectivity index (χ3v) is 6.32. The fourth-order valence-corrected chi connectivity index (χ4v) is 6.42. The van der Waals surface area contributed by atoms with Crippen molar-refractivity contribution >= 4 is 0 Å². The SMILES string of the molecule is CC#CCCC(NCC)C12CC3CC(CC(C)(C3)C1)C2. The summed E-state index contributed by atoms with van der Waals surface area (Å²) >= 11 is 0. The van der Waals surface area contributed by atoms with Crippen LogP contribution in [0.25, 0.3) is 0 Å². The molecule has 20 heavy (non-hydrogen) atoms. The average Bonchev–Trinajstić information content (AvgIpc) is 2.35. The van der Waals surface area contributed by atoms with Gasteiger partial charge in [0.1, 0.15) is 0 Å². The van der Waals surface area contributed by atoms with Crippen molar-refractivity contribution < 1.29 is 0 Å². The summed E-state index contributed by atoms with van der Waals surface area (Å²) in [4.78, 5) is 0. The van der Waals surface area contributed by atoms with Gasteiger partial charge in [-0.15, -0.1) is 11.8 Å². The van der Waals surface area contributed by atoms with Gasteiger partial charge in [-0.1, -0.05) is 13.8 Å². The van der Waals surface area contributed by atoms with Gasteiger partial charge < -0.3 is 5.32 Å². The molecule has 0 spiro atoms. The quantitative estimate of drug-likeness (QED) is 0.733. The van der Waals surface area contributed by atoms with Crippen LogP contribution in [0.15, 0.2) is 0 Å². The van der Waals surface area contributed by atoms with E-state index in [0.29, 0.717) is 16.9 Å². The first-order chi connectivity index (χ1) is 9.59. The highest BCUT2D eigenvalue weighted by Crippen LogP contribution is 2.66. The summed E-state index contributed by atoms with van der Waals surface area (Å²) in [5.41, 5.74) is 1.26.